The van der Waals surface area contributed by atoms with Gasteiger partial charge in [0.2, 0.25) is 0 Å². The molecule has 0 aromatic heterocycles. The van der Waals surface area contributed by atoms with Crippen LogP contribution in [-0.2, 0) is 19.1 Å². The molecular weight excluding hydrogens is 526 g/mol. The summed E-state index contributed by atoms with van der Waals surface area (Å²) in [5, 5.41) is 2.66. The van der Waals surface area contributed by atoms with Gasteiger partial charge in [-0.1, -0.05) is 0 Å². The highest BCUT2D eigenvalue weighted by Crippen LogP contribution is 2.35. The Labute approximate surface area is 161 Å². The van der Waals surface area contributed by atoms with E-state index in [1.807, 2.05) is 0 Å². The van der Waals surface area contributed by atoms with Crippen molar-refractivity contribution in [3.63, 3.8) is 0 Å². The molecule has 1 heterocycles. The first-order valence-electron chi connectivity index (χ1n) is 6.56. The molecule has 0 saturated carbocycles. The molecule has 136 valence electrons. The van der Waals surface area contributed by atoms with Gasteiger partial charge in [-0.15, -0.1) is 13.2 Å². The van der Waals surface area contributed by atoms with Crippen LogP contribution in [-0.4, -0.2) is 24.1 Å². The Bertz CT molecular complexity index is 742. The Hall–Kier alpha value is -1.50. The Morgan fingerprint density at radius 3 is 2.32 bits per heavy atom. The molecule has 1 aromatic carbocycles. The number of anilines is 1. The summed E-state index contributed by atoms with van der Waals surface area (Å²) in [6.07, 6.45) is -3.76. The molecule has 1 fully saturated rings. The van der Waals surface area contributed by atoms with E-state index in [0.717, 1.165) is 12.3 Å². The molecule has 0 atom stereocenters. The molecule has 1 saturated heterocycles. The fraction of sp³-hybridized carbons (Fsp3) is 0.286. The first-order chi connectivity index (χ1) is 11.4. The van der Waals surface area contributed by atoms with Gasteiger partial charge in [0, 0.05) is 23.6 Å². The third-order valence-corrected chi connectivity index (χ3v) is 4.25. The molecule has 1 aromatic rings. The summed E-state index contributed by atoms with van der Waals surface area (Å²) in [5.74, 6) is -3.53. The minimum absolute atomic E-state index is 0.0288. The first-order valence-corrected chi connectivity index (χ1v) is 8.43. The van der Waals surface area contributed by atoms with E-state index in [4.69, 9.17) is 9.47 Å². The van der Waals surface area contributed by atoms with Gasteiger partial charge in [-0.05, 0) is 50.7 Å². The third kappa shape index (κ3) is 5.23. The topological polar surface area (TPSA) is 73.9 Å². The zero-order valence-electron chi connectivity index (χ0n) is 12.7. The third-order valence-electron chi connectivity index (χ3n) is 2.74. The van der Waals surface area contributed by atoms with Crippen molar-refractivity contribution >= 4 is 56.1 Å². The normalized spacial score (nSPS) is 16.8. The molecule has 1 N–H and O–H groups in total. The van der Waals surface area contributed by atoms with Gasteiger partial charge in [0.25, 0.3) is 5.79 Å². The van der Waals surface area contributed by atoms with Gasteiger partial charge in [0.05, 0.1) is 10.2 Å². The Balaban J connectivity index is 2.22. The van der Waals surface area contributed by atoms with Crippen molar-refractivity contribution in [2.24, 2.45) is 0 Å². The van der Waals surface area contributed by atoms with Crippen LogP contribution in [0.1, 0.15) is 13.8 Å². The maximum Gasteiger partial charge on any atom is 0.573 e. The van der Waals surface area contributed by atoms with E-state index in [1.165, 1.54) is 19.9 Å². The molecule has 0 radical (unpaired) electrons. The van der Waals surface area contributed by atoms with E-state index < -0.39 is 29.8 Å². The molecule has 1 aliphatic heterocycles. The summed E-state index contributed by atoms with van der Waals surface area (Å²) >= 11 is 4.74. The van der Waals surface area contributed by atoms with Crippen molar-refractivity contribution in [2.45, 2.75) is 26.0 Å². The lowest BCUT2D eigenvalue weighted by Crippen LogP contribution is -2.42. The minimum atomic E-state index is -4.83. The van der Waals surface area contributed by atoms with E-state index in [2.05, 4.69) is 26.0 Å². The second kappa shape index (κ2) is 7.02. The van der Waals surface area contributed by atoms with Crippen molar-refractivity contribution < 1.29 is 37.0 Å². The summed E-state index contributed by atoms with van der Waals surface area (Å²) < 4.78 is 51.1. The number of halogens is 5. The quantitative estimate of drug-likeness (QED) is 0.272. The highest BCUT2D eigenvalue weighted by Gasteiger charge is 2.39. The maximum absolute atomic E-state index is 12.3. The highest BCUT2D eigenvalue weighted by atomic mass is 127. The molecule has 0 amide bonds. The Kier molecular flexibility index (Phi) is 5.56. The van der Waals surface area contributed by atoms with Crippen molar-refractivity contribution in [1.29, 1.82) is 0 Å². The summed E-state index contributed by atoms with van der Waals surface area (Å²) in [6, 6.07) is 2.45. The lowest BCUT2D eigenvalue weighted by Gasteiger charge is -2.29. The lowest BCUT2D eigenvalue weighted by atomic mass is 10.2. The number of carbonyl (C=O) groups is 2. The zero-order chi connectivity index (χ0) is 19.0. The largest absolute Gasteiger partial charge is 0.573 e. The molecule has 0 aliphatic carbocycles. The fourth-order valence-corrected chi connectivity index (χ4v) is 2.79. The van der Waals surface area contributed by atoms with Crippen molar-refractivity contribution in [1.82, 2.24) is 0 Å². The van der Waals surface area contributed by atoms with Crippen LogP contribution in [0.3, 0.4) is 0 Å². The standard InChI is InChI=1S/C14H10BrF3INO5/c1-13(2)24-11(21)6(12(22)25-13)5-20-9-3-7(15)10(4-8(9)19)23-14(16,17)18/h3-5,20H,1-2H3. The maximum atomic E-state index is 12.3. The number of rotatable bonds is 3. The van der Waals surface area contributed by atoms with Crippen LogP contribution in [0.4, 0.5) is 18.9 Å². The number of esters is 2. The van der Waals surface area contributed by atoms with Crippen LogP contribution < -0.4 is 10.1 Å². The summed E-state index contributed by atoms with van der Waals surface area (Å²) in [5.41, 5.74) is -0.0400. The SMILES string of the molecule is CC1(C)OC(=O)C(=CNc2cc(Br)c(OC(F)(F)F)cc2I)C(=O)O1. The molecular formula is C14H10BrF3INO5. The van der Waals surface area contributed by atoms with Crippen molar-refractivity contribution in [3.8, 4) is 5.75 Å². The van der Waals surface area contributed by atoms with Crippen LogP contribution in [0.15, 0.2) is 28.4 Å². The molecule has 0 spiro atoms. The molecule has 0 unspecified atom stereocenters. The average molecular weight is 536 g/mol. The summed E-state index contributed by atoms with van der Waals surface area (Å²) in [6.45, 7) is 2.82. The van der Waals surface area contributed by atoms with E-state index >= 15 is 0 Å². The summed E-state index contributed by atoms with van der Waals surface area (Å²) in [7, 11) is 0. The van der Waals surface area contributed by atoms with Crippen LogP contribution >= 0.6 is 38.5 Å². The van der Waals surface area contributed by atoms with Gasteiger partial charge in [0.1, 0.15) is 5.75 Å². The van der Waals surface area contributed by atoms with E-state index in [1.54, 1.807) is 22.6 Å². The molecule has 0 bridgehead atoms. The fourth-order valence-electron chi connectivity index (χ4n) is 1.77. The van der Waals surface area contributed by atoms with Gasteiger partial charge >= 0.3 is 18.3 Å². The van der Waals surface area contributed by atoms with Crippen LogP contribution in [0.5, 0.6) is 5.75 Å². The second-order valence-corrected chi connectivity index (χ2v) is 7.21. The van der Waals surface area contributed by atoms with E-state index in [-0.39, 0.29) is 10.0 Å². The molecule has 2 rings (SSSR count). The highest BCUT2D eigenvalue weighted by molar-refractivity contribution is 14.1. The van der Waals surface area contributed by atoms with E-state index in [9.17, 15) is 22.8 Å². The minimum Gasteiger partial charge on any atom is -0.419 e. The van der Waals surface area contributed by atoms with Crippen LogP contribution in [0.25, 0.3) is 0 Å². The number of cyclic esters (lactones) is 2. The first kappa shape index (κ1) is 19.8. The van der Waals surface area contributed by atoms with Gasteiger partial charge in [0.15, 0.2) is 5.57 Å². The predicted octanol–water partition coefficient (Wildman–Crippen LogP) is 4.08. The number of alkyl halides is 3. The second-order valence-electron chi connectivity index (χ2n) is 5.19. The van der Waals surface area contributed by atoms with Crippen molar-refractivity contribution in [3.05, 3.63) is 31.9 Å². The van der Waals surface area contributed by atoms with Gasteiger partial charge in [-0.2, -0.15) is 0 Å². The summed E-state index contributed by atoms with van der Waals surface area (Å²) in [4.78, 5) is 23.6. The van der Waals surface area contributed by atoms with Gasteiger partial charge in [-0.25, -0.2) is 9.59 Å². The lowest BCUT2D eigenvalue weighted by molar-refractivity contribution is -0.275. The number of carbonyl (C=O) groups excluding carboxylic acids is 2. The number of nitrogens with one attached hydrogen (secondary N) is 1. The number of benzene rings is 1. The average Bonchev–Trinajstić information content (AvgIpc) is 2.39. The van der Waals surface area contributed by atoms with Crippen LogP contribution in [0, 0.1) is 3.57 Å². The Morgan fingerprint density at radius 1 is 1.24 bits per heavy atom. The van der Waals surface area contributed by atoms with Gasteiger partial charge < -0.3 is 19.5 Å². The molecule has 11 heteroatoms. The molecule has 6 nitrogen and oxygen atoms in total. The number of hydrogen-bond acceptors (Lipinski definition) is 6. The number of hydrogen-bond donors (Lipinski definition) is 1. The zero-order valence-corrected chi connectivity index (χ0v) is 16.4. The number of ether oxygens (including phenoxy) is 3. The molecule has 1 aliphatic rings. The van der Waals surface area contributed by atoms with Gasteiger partial charge in [-0.3, -0.25) is 0 Å². The van der Waals surface area contributed by atoms with Crippen molar-refractivity contribution in [2.75, 3.05) is 5.32 Å². The smallest absolute Gasteiger partial charge is 0.419 e. The van der Waals surface area contributed by atoms with E-state index in [0.29, 0.717) is 9.26 Å². The van der Waals surface area contributed by atoms with Crippen LogP contribution in [0.2, 0.25) is 0 Å². The Morgan fingerprint density at radius 2 is 1.80 bits per heavy atom. The predicted molar refractivity (Wildman–Crippen MR) is 91.5 cm³/mol. The monoisotopic (exact) mass is 535 g/mol. The molecule has 25 heavy (non-hydrogen) atoms.